The van der Waals surface area contributed by atoms with Gasteiger partial charge in [-0.3, -0.25) is 4.79 Å². The van der Waals surface area contributed by atoms with E-state index in [1.165, 1.54) is 6.26 Å². The first kappa shape index (κ1) is 21.0. The van der Waals surface area contributed by atoms with Gasteiger partial charge in [0, 0.05) is 12.7 Å². The summed E-state index contributed by atoms with van der Waals surface area (Å²) in [6.45, 7) is 3.97. The number of nitrogens with one attached hydrogen (secondary N) is 1. The Morgan fingerprint density at radius 1 is 1.15 bits per heavy atom. The van der Waals surface area contributed by atoms with E-state index in [1.54, 1.807) is 31.4 Å². The number of amides is 1. The maximum Gasteiger partial charge on any atom is 0.220 e. The lowest BCUT2D eigenvalue weighted by molar-refractivity contribution is -0.121. The van der Waals surface area contributed by atoms with Crippen LogP contribution in [0.15, 0.2) is 47.4 Å². The molecule has 2 rings (SSSR count). The minimum absolute atomic E-state index is 0.0255. The molecule has 0 aliphatic rings. The van der Waals surface area contributed by atoms with E-state index in [0.717, 1.165) is 28.9 Å². The molecule has 0 aliphatic carbocycles. The Kier molecular flexibility index (Phi) is 7.02. The largest absolute Gasteiger partial charge is 0.496 e. The Labute approximate surface area is 161 Å². The third-order valence-electron chi connectivity index (χ3n) is 4.55. The molecule has 0 aliphatic heterocycles. The average molecular weight is 390 g/mol. The molecule has 6 heteroatoms. The summed E-state index contributed by atoms with van der Waals surface area (Å²) < 4.78 is 28.4. The van der Waals surface area contributed by atoms with Gasteiger partial charge in [-0.25, -0.2) is 8.42 Å². The van der Waals surface area contributed by atoms with E-state index < -0.39 is 9.84 Å². The van der Waals surface area contributed by atoms with E-state index in [2.05, 4.69) is 5.32 Å². The van der Waals surface area contributed by atoms with Crippen LogP contribution in [-0.4, -0.2) is 27.7 Å². The zero-order chi connectivity index (χ0) is 20.0. The molecule has 27 heavy (non-hydrogen) atoms. The Balaban J connectivity index is 1.97. The lowest BCUT2D eigenvalue weighted by Gasteiger charge is -2.18. The summed E-state index contributed by atoms with van der Waals surface area (Å²) in [5.74, 6) is 0.814. The topological polar surface area (TPSA) is 72.5 Å². The number of aryl methyl sites for hydroxylation is 2. The van der Waals surface area contributed by atoms with Gasteiger partial charge in [-0.1, -0.05) is 31.2 Å². The van der Waals surface area contributed by atoms with Crippen molar-refractivity contribution >= 4 is 15.7 Å². The summed E-state index contributed by atoms with van der Waals surface area (Å²) in [6.07, 6.45) is 2.96. The van der Waals surface area contributed by atoms with Crippen molar-refractivity contribution in [1.29, 1.82) is 0 Å². The first-order chi connectivity index (χ1) is 12.7. The van der Waals surface area contributed by atoms with Crippen molar-refractivity contribution in [2.24, 2.45) is 0 Å². The quantitative estimate of drug-likeness (QED) is 0.749. The predicted molar refractivity (Wildman–Crippen MR) is 107 cm³/mol. The third-order valence-corrected chi connectivity index (χ3v) is 5.68. The van der Waals surface area contributed by atoms with E-state index in [0.29, 0.717) is 12.8 Å². The van der Waals surface area contributed by atoms with Crippen molar-refractivity contribution < 1.29 is 17.9 Å². The van der Waals surface area contributed by atoms with Crippen LogP contribution in [0.2, 0.25) is 0 Å². The van der Waals surface area contributed by atoms with Crippen LogP contribution in [-0.2, 0) is 21.1 Å². The Hall–Kier alpha value is -2.34. The molecule has 0 bridgehead atoms. The second-order valence-corrected chi connectivity index (χ2v) is 8.69. The van der Waals surface area contributed by atoms with Gasteiger partial charge in [0.15, 0.2) is 9.84 Å². The maximum absolute atomic E-state index is 12.4. The molecule has 1 atom stereocenters. The Morgan fingerprint density at radius 3 is 2.33 bits per heavy atom. The van der Waals surface area contributed by atoms with Crippen LogP contribution < -0.4 is 10.1 Å². The summed E-state index contributed by atoms with van der Waals surface area (Å²) in [5, 5.41) is 3.04. The normalized spacial score (nSPS) is 12.4. The zero-order valence-corrected chi connectivity index (χ0v) is 17.1. The van der Waals surface area contributed by atoms with E-state index in [4.69, 9.17) is 4.74 Å². The molecule has 0 fully saturated rings. The van der Waals surface area contributed by atoms with Crippen molar-refractivity contribution in [3.8, 4) is 5.75 Å². The monoisotopic (exact) mass is 389 g/mol. The molecule has 0 heterocycles. The molecule has 0 saturated carbocycles. The molecule has 0 saturated heterocycles. The highest BCUT2D eigenvalue weighted by molar-refractivity contribution is 7.90. The molecule has 2 aromatic carbocycles. The lowest BCUT2D eigenvalue weighted by atomic mass is 10.0. The van der Waals surface area contributed by atoms with Crippen LogP contribution in [0.5, 0.6) is 5.75 Å². The molecule has 1 N–H and O–H groups in total. The van der Waals surface area contributed by atoms with Crippen LogP contribution in [0.1, 0.15) is 42.5 Å². The van der Waals surface area contributed by atoms with Gasteiger partial charge in [-0.15, -0.1) is 0 Å². The van der Waals surface area contributed by atoms with Crippen LogP contribution in [0.25, 0.3) is 0 Å². The first-order valence-corrected chi connectivity index (χ1v) is 10.9. The van der Waals surface area contributed by atoms with E-state index in [-0.39, 0.29) is 16.8 Å². The second-order valence-electron chi connectivity index (χ2n) is 6.67. The van der Waals surface area contributed by atoms with Gasteiger partial charge in [-0.2, -0.15) is 0 Å². The van der Waals surface area contributed by atoms with Gasteiger partial charge in [0.1, 0.15) is 5.75 Å². The van der Waals surface area contributed by atoms with Gasteiger partial charge >= 0.3 is 0 Å². The number of rotatable bonds is 8. The van der Waals surface area contributed by atoms with Crippen molar-refractivity contribution in [3.63, 3.8) is 0 Å². The van der Waals surface area contributed by atoms with Crippen molar-refractivity contribution in [3.05, 3.63) is 59.2 Å². The number of ether oxygens (including phenoxy) is 1. The van der Waals surface area contributed by atoms with Gasteiger partial charge < -0.3 is 10.1 Å². The van der Waals surface area contributed by atoms with E-state index >= 15 is 0 Å². The Morgan fingerprint density at radius 2 is 1.81 bits per heavy atom. The number of hydrogen-bond acceptors (Lipinski definition) is 4. The molecule has 0 radical (unpaired) electrons. The maximum atomic E-state index is 12.4. The minimum atomic E-state index is -3.22. The molecule has 0 aromatic heterocycles. The highest BCUT2D eigenvalue weighted by Crippen LogP contribution is 2.21. The number of carbonyl (C=O) groups excluding carboxylic acids is 1. The molecule has 2 aromatic rings. The fourth-order valence-corrected chi connectivity index (χ4v) is 3.62. The summed E-state index contributed by atoms with van der Waals surface area (Å²) in [7, 11) is -1.58. The van der Waals surface area contributed by atoms with Crippen LogP contribution >= 0.6 is 0 Å². The summed E-state index contributed by atoms with van der Waals surface area (Å²) in [6, 6.07) is 12.5. The smallest absolute Gasteiger partial charge is 0.220 e. The summed E-state index contributed by atoms with van der Waals surface area (Å²) in [4.78, 5) is 12.6. The molecule has 1 amide bonds. The fourth-order valence-electron chi connectivity index (χ4n) is 2.99. The van der Waals surface area contributed by atoms with Gasteiger partial charge in [0.25, 0.3) is 0 Å². The first-order valence-electron chi connectivity index (χ1n) is 8.97. The lowest BCUT2D eigenvalue weighted by Crippen LogP contribution is -2.28. The fraction of sp³-hybridized carbons (Fsp3) is 0.381. The number of sulfone groups is 1. The van der Waals surface area contributed by atoms with Crippen molar-refractivity contribution in [2.75, 3.05) is 13.4 Å². The molecule has 0 unspecified atom stereocenters. The zero-order valence-electron chi connectivity index (χ0n) is 16.3. The van der Waals surface area contributed by atoms with Crippen LogP contribution in [0, 0.1) is 6.92 Å². The Bertz CT molecular complexity index is 889. The van der Waals surface area contributed by atoms with Crippen LogP contribution in [0.4, 0.5) is 0 Å². The molecule has 146 valence electrons. The van der Waals surface area contributed by atoms with Gasteiger partial charge in [0.05, 0.1) is 18.0 Å². The molecular formula is C21H27NO4S. The number of methoxy groups -OCH3 is 1. The standard InChI is InChI=1S/C21H27NO4S/c1-5-19(17-8-10-18(11-9-17)27(4,24)25)22-21(23)13-7-16-6-12-20(26-3)15(2)14-16/h6,8-12,14,19H,5,7,13H2,1-4H3,(H,22,23)/t19-/m1/s1. The number of carbonyl (C=O) groups is 1. The second kappa shape index (κ2) is 9.04. The highest BCUT2D eigenvalue weighted by atomic mass is 32.2. The predicted octanol–water partition coefficient (Wildman–Crippen LogP) is 3.61. The molecular weight excluding hydrogens is 362 g/mol. The molecule has 0 spiro atoms. The summed E-state index contributed by atoms with van der Waals surface area (Å²) in [5.41, 5.74) is 3.04. The number of benzene rings is 2. The van der Waals surface area contributed by atoms with Crippen LogP contribution in [0.3, 0.4) is 0 Å². The van der Waals surface area contributed by atoms with Crippen molar-refractivity contribution in [2.45, 2.75) is 44.0 Å². The SMILES string of the molecule is CC[C@@H](NC(=O)CCc1ccc(OC)c(C)c1)c1ccc(S(C)(=O)=O)cc1. The van der Waals surface area contributed by atoms with Gasteiger partial charge in [0.2, 0.25) is 5.91 Å². The van der Waals surface area contributed by atoms with E-state index in [9.17, 15) is 13.2 Å². The minimum Gasteiger partial charge on any atom is -0.496 e. The van der Waals surface area contributed by atoms with Crippen molar-refractivity contribution in [1.82, 2.24) is 5.32 Å². The third kappa shape index (κ3) is 5.82. The highest BCUT2D eigenvalue weighted by Gasteiger charge is 2.14. The van der Waals surface area contributed by atoms with E-state index in [1.807, 2.05) is 32.0 Å². The summed E-state index contributed by atoms with van der Waals surface area (Å²) >= 11 is 0. The number of hydrogen-bond donors (Lipinski definition) is 1. The van der Waals surface area contributed by atoms with Gasteiger partial charge in [-0.05, 0) is 54.7 Å². The molecule has 5 nitrogen and oxygen atoms in total. The average Bonchev–Trinajstić information content (AvgIpc) is 2.64.